The number of carbonyl (C=O) groups excluding carboxylic acids is 2. The Morgan fingerprint density at radius 3 is 2.65 bits per heavy atom. The highest BCUT2D eigenvalue weighted by molar-refractivity contribution is 5.80. The van der Waals surface area contributed by atoms with Gasteiger partial charge >= 0.3 is 5.97 Å². The van der Waals surface area contributed by atoms with Gasteiger partial charge in [-0.25, -0.2) is 0 Å². The number of ether oxygens (including phenoxy) is 1. The molecule has 1 saturated heterocycles. The van der Waals surface area contributed by atoms with Gasteiger partial charge in [-0.3, -0.25) is 4.79 Å². The second-order valence-electron chi connectivity index (χ2n) is 5.56. The smallest absolute Gasteiger partial charge is 0.315 e. The highest BCUT2D eigenvalue weighted by Crippen LogP contribution is 2.47. The quantitative estimate of drug-likeness (QED) is 0.513. The van der Waals surface area contributed by atoms with Crippen LogP contribution in [-0.4, -0.2) is 31.4 Å². The van der Waals surface area contributed by atoms with Crippen molar-refractivity contribution >= 4 is 12.8 Å². The van der Waals surface area contributed by atoms with Gasteiger partial charge in [0.05, 0.1) is 11.5 Å². The molecule has 114 valence electrons. The van der Waals surface area contributed by atoms with Crippen LogP contribution in [0.5, 0.6) is 0 Å². The number of carbonyl (C=O) groups is 2. The number of esters is 1. The van der Waals surface area contributed by atoms with Gasteiger partial charge < -0.3 is 21.0 Å². The summed E-state index contributed by atoms with van der Waals surface area (Å²) in [5, 5.41) is 0. The van der Waals surface area contributed by atoms with E-state index in [9.17, 15) is 4.79 Å². The fourth-order valence-corrected chi connectivity index (χ4v) is 3.55. The molecule has 0 aromatic rings. The van der Waals surface area contributed by atoms with Crippen LogP contribution in [0.2, 0.25) is 0 Å². The lowest BCUT2D eigenvalue weighted by Gasteiger charge is -2.40. The van der Waals surface area contributed by atoms with Gasteiger partial charge in [-0.1, -0.05) is 18.1 Å². The van der Waals surface area contributed by atoms with Crippen molar-refractivity contribution in [3.05, 3.63) is 11.6 Å². The van der Waals surface area contributed by atoms with Crippen molar-refractivity contribution in [3.63, 3.8) is 0 Å². The van der Waals surface area contributed by atoms with E-state index in [4.69, 9.17) is 15.3 Å². The zero-order valence-corrected chi connectivity index (χ0v) is 12.4. The molecule has 1 heterocycles. The van der Waals surface area contributed by atoms with Crippen LogP contribution >= 0.6 is 0 Å². The van der Waals surface area contributed by atoms with Crippen molar-refractivity contribution in [3.8, 4) is 0 Å². The molecule has 5 nitrogen and oxygen atoms in total. The molecule has 4 unspecified atom stereocenters. The predicted octanol–water partition coefficient (Wildman–Crippen LogP) is 1.16. The van der Waals surface area contributed by atoms with Gasteiger partial charge in [-0.15, -0.1) is 0 Å². The lowest BCUT2D eigenvalue weighted by molar-refractivity contribution is -0.142. The number of rotatable bonds is 0. The summed E-state index contributed by atoms with van der Waals surface area (Å²) in [5.41, 5.74) is 11.9. The van der Waals surface area contributed by atoms with Crippen molar-refractivity contribution in [1.82, 2.24) is 0 Å². The minimum Gasteiger partial charge on any atom is -0.460 e. The van der Waals surface area contributed by atoms with Crippen LogP contribution in [0.4, 0.5) is 0 Å². The molecule has 2 aliphatic carbocycles. The van der Waals surface area contributed by atoms with E-state index in [0.717, 1.165) is 12.8 Å². The number of fused-ring (bicyclic) bond motifs is 2. The third kappa shape index (κ3) is 2.79. The number of nitrogens with two attached hydrogens (primary N) is 2. The van der Waals surface area contributed by atoms with Crippen molar-refractivity contribution in [2.45, 2.75) is 50.7 Å². The second-order valence-corrected chi connectivity index (χ2v) is 5.56. The van der Waals surface area contributed by atoms with Gasteiger partial charge in [0.1, 0.15) is 12.9 Å². The highest BCUT2D eigenvalue weighted by atomic mass is 16.6. The van der Waals surface area contributed by atoms with E-state index in [1.807, 2.05) is 13.7 Å². The first-order valence-corrected chi connectivity index (χ1v) is 7.18. The van der Waals surface area contributed by atoms with Gasteiger partial charge in [-0.2, -0.15) is 0 Å². The zero-order valence-electron chi connectivity index (χ0n) is 12.4. The van der Waals surface area contributed by atoms with Crippen LogP contribution in [-0.2, 0) is 14.3 Å². The largest absolute Gasteiger partial charge is 0.460 e. The van der Waals surface area contributed by atoms with E-state index < -0.39 is 5.54 Å². The molecule has 0 radical (unpaired) electrons. The molecular weight excluding hydrogens is 256 g/mol. The average molecular weight is 282 g/mol. The molecule has 0 amide bonds. The van der Waals surface area contributed by atoms with Gasteiger partial charge in [0, 0.05) is 0 Å². The molecule has 4 atom stereocenters. The van der Waals surface area contributed by atoms with E-state index in [1.165, 1.54) is 31.9 Å². The van der Waals surface area contributed by atoms with Gasteiger partial charge in [0.15, 0.2) is 0 Å². The average Bonchev–Trinajstić information content (AvgIpc) is 2.71. The molecule has 3 aliphatic rings. The van der Waals surface area contributed by atoms with E-state index >= 15 is 0 Å². The first-order chi connectivity index (χ1) is 9.61. The van der Waals surface area contributed by atoms with Crippen LogP contribution in [0, 0.1) is 11.8 Å². The Morgan fingerprint density at radius 2 is 2.00 bits per heavy atom. The molecule has 20 heavy (non-hydrogen) atoms. The summed E-state index contributed by atoms with van der Waals surface area (Å²) in [4.78, 5) is 19.8. The lowest BCUT2D eigenvalue weighted by Crippen LogP contribution is -2.54. The molecule has 0 spiro atoms. The van der Waals surface area contributed by atoms with Crippen LogP contribution in [0.3, 0.4) is 0 Å². The SMILES string of the molecule is C=O.CC1OC(=O)C2C=C3CCCCC3CC12N.CN. The molecule has 5 heteroatoms. The Hall–Kier alpha value is -1.20. The maximum absolute atomic E-state index is 11.8. The van der Waals surface area contributed by atoms with Gasteiger partial charge in [0.25, 0.3) is 0 Å². The van der Waals surface area contributed by atoms with E-state index in [1.54, 1.807) is 0 Å². The Morgan fingerprint density at radius 1 is 1.35 bits per heavy atom. The zero-order chi connectivity index (χ0) is 15.3. The Kier molecular flexibility index (Phi) is 5.89. The summed E-state index contributed by atoms with van der Waals surface area (Å²) in [6.45, 7) is 3.93. The molecule has 0 aromatic heterocycles. The van der Waals surface area contributed by atoms with Gasteiger partial charge in [0.2, 0.25) is 0 Å². The molecule has 2 fully saturated rings. The van der Waals surface area contributed by atoms with Crippen molar-refractivity contribution in [2.75, 3.05) is 7.05 Å². The van der Waals surface area contributed by atoms with Crippen LogP contribution in [0.25, 0.3) is 0 Å². The molecule has 1 aliphatic heterocycles. The maximum Gasteiger partial charge on any atom is 0.315 e. The molecule has 0 aromatic carbocycles. The van der Waals surface area contributed by atoms with Crippen LogP contribution in [0.15, 0.2) is 11.6 Å². The van der Waals surface area contributed by atoms with Crippen molar-refractivity contribution in [1.29, 1.82) is 0 Å². The Balaban J connectivity index is 0.000000461. The normalized spacial score (nSPS) is 37.9. The third-order valence-electron chi connectivity index (χ3n) is 4.66. The molecular formula is C15H26N2O3. The molecule has 4 N–H and O–H groups in total. The fraction of sp³-hybridized carbons (Fsp3) is 0.733. The van der Waals surface area contributed by atoms with Crippen molar-refractivity contribution in [2.24, 2.45) is 23.3 Å². The minimum atomic E-state index is -0.442. The highest BCUT2D eigenvalue weighted by Gasteiger charge is 2.55. The maximum atomic E-state index is 11.8. The molecule has 1 saturated carbocycles. The number of hydrogen-bond acceptors (Lipinski definition) is 5. The summed E-state index contributed by atoms with van der Waals surface area (Å²) < 4.78 is 5.31. The van der Waals surface area contributed by atoms with Gasteiger partial charge in [-0.05, 0) is 45.6 Å². The first kappa shape index (κ1) is 16.9. The second kappa shape index (κ2) is 6.99. The van der Waals surface area contributed by atoms with Crippen molar-refractivity contribution < 1.29 is 14.3 Å². The standard InChI is InChI=1S/C13H19NO2.CH5N.CH2O/c1-8-13(14)7-10-5-3-2-4-9(10)6-11(13)12(15)16-8;2*1-2/h6,8,10-11H,2-5,7,14H2,1H3;2H2,1H3;1H2. The predicted molar refractivity (Wildman–Crippen MR) is 77.9 cm³/mol. The molecule has 0 bridgehead atoms. The first-order valence-electron chi connectivity index (χ1n) is 7.18. The number of hydrogen-bond donors (Lipinski definition) is 2. The van der Waals surface area contributed by atoms with E-state index in [0.29, 0.717) is 5.92 Å². The molecule has 3 rings (SSSR count). The fourth-order valence-electron chi connectivity index (χ4n) is 3.55. The van der Waals surface area contributed by atoms with E-state index in [-0.39, 0.29) is 18.0 Å². The monoisotopic (exact) mass is 282 g/mol. The third-order valence-corrected chi connectivity index (χ3v) is 4.66. The van der Waals surface area contributed by atoms with Crippen LogP contribution in [0.1, 0.15) is 39.0 Å². The summed E-state index contributed by atoms with van der Waals surface area (Å²) in [5.74, 6) is 0.297. The summed E-state index contributed by atoms with van der Waals surface area (Å²) in [7, 11) is 1.50. The Labute approximate surface area is 120 Å². The number of allylic oxidation sites excluding steroid dienone is 1. The summed E-state index contributed by atoms with van der Waals surface area (Å²) in [6.07, 6.45) is 7.86. The lowest BCUT2D eigenvalue weighted by atomic mass is 9.65. The Bertz CT molecular complexity index is 383. The van der Waals surface area contributed by atoms with E-state index in [2.05, 4.69) is 11.8 Å². The topological polar surface area (TPSA) is 95.4 Å². The number of cyclic esters (lactones) is 1. The minimum absolute atomic E-state index is 0.119. The van der Waals surface area contributed by atoms with Crippen LogP contribution < -0.4 is 11.5 Å². The summed E-state index contributed by atoms with van der Waals surface area (Å²) >= 11 is 0. The summed E-state index contributed by atoms with van der Waals surface area (Å²) in [6, 6.07) is 0.